The van der Waals surface area contributed by atoms with Crippen molar-refractivity contribution in [2.24, 2.45) is 5.92 Å². The quantitative estimate of drug-likeness (QED) is 0.874. The zero-order chi connectivity index (χ0) is 15.4. The van der Waals surface area contributed by atoms with Gasteiger partial charge in [-0.25, -0.2) is 0 Å². The van der Waals surface area contributed by atoms with Crippen LogP contribution in [0, 0.1) is 19.8 Å². The number of aryl methyl sites for hydroxylation is 2. The maximum absolute atomic E-state index is 12.1. The minimum absolute atomic E-state index is 0.0625. The van der Waals surface area contributed by atoms with E-state index in [1.807, 2.05) is 32.0 Å². The Bertz CT molecular complexity index is 515. The van der Waals surface area contributed by atoms with Crippen LogP contribution in [0.5, 0.6) is 0 Å². The normalized spacial score (nSPS) is 19.2. The molecule has 2 N–H and O–H groups in total. The first kappa shape index (κ1) is 15.5. The molecule has 1 heterocycles. The van der Waals surface area contributed by atoms with E-state index in [9.17, 15) is 14.7 Å². The van der Waals surface area contributed by atoms with Crippen molar-refractivity contribution in [1.82, 2.24) is 0 Å². The van der Waals surface area contributed by atoms with Crippen molar-refractivity contribution in [3.8, 4) is 0 Å². The summed E-state index contributed by atoms with van der Waals surface area (Å²) in [6, 6.07) is 5.75. The van der Waals surface area contributed by atoms with Gasteiger partial charge in [-0.3, -0.25) is 9.59 Å². The number of rotatable bonds is 5. The number of anilines is 1. The molecule has 1 saturated heterocycles. The molecule has 1 aromatic carbocycles. The van der Waals surface area contributed by atoms with Gasteiger partial charge in [0.05, 0.1) is 12.0 Å². The number of benzene rings is 1. The predicted molar refractivity (Wildman–Crippen MR) is 79.3 cm³/mol. The number of carboxylic acid groups (broad SMARTS) is 1. The van der Waals surface area contributed by atoms with Crippen LogP contribution in [0.2, 0.25) is 0 Å². The molecule has 5 nitrogen and oxygen atoms in total. The first-order chi connectivity index (χ1) is 9.95. The Morgan fingerprint density at radius 3 is 2.52 bits per heavy atom. The van der Waals surface area contributed by atoms with Crippen LogP contribution in [-0.4, -0.2) is 29.7 Å². The molecule has 1 aliphatic heterocycles. The molecule has 0 unspecified atom stereocenters. The van der Waals surface area contributed by atoms with E-state index in [1.54, 1.807) is 0 Å². The van der Waals surface area contributed by atoms with Crippen LogP contribution in [0.4, 0.5) is 5.69 Å². The number of carbonyl (C=O) groups is 2. The minimum Gasteiger partial charge on any atom is -0.481 e. The summed E-state index contributed by atoms with van der Waals surface area (Å²) in [5.41, 5.74) is 2.81. The van der Waals surface area contributed by atoms with Crippen molar-refractivity contribution in [3.63, 3.8) is 0 Å². The third kappa shape index (κ3) is 4.29. The SMILES string of the molecule is Cc1cc(C)cc(NC(=O)C[C@@H](C(=O)O)[C@H]2CCCO2)c1. The largest absolute Gasteiger partial charge is 0.481 e. The van der Waals surface area contributed by atoms with E-state index in [0.717, 1.165) is 17.5 Å². The third-order valence-electron chi connectivity index (χ3n) is 3.64. The van der Waals surface area contributed by atoms with Gasteiger partial charge in [0.15, 0.2) is 0 Å². The van der Waals surface area contributed by atoms with Crippen molar-refractivity contribution < 1.29 is 19.4 Å². The van der Waals surface area contributed by atoms with Crippen molar-refractivity contribution in [2.45, 2.75) is 39.2 Å². The van der Waals surface area contributed by atoms with E-state index in [2.05, 4.69) is 5.32 Å². The number of carboxylic acids is 1. The van der Waals surface area contributed by atoms with Gasteiger partial charge in [-0.1, -0.05) is 6.07 Å². The highest BCUT2D eigenvalue weighted by molar-refractivity contribution is 5.93. The molecular formula is C16H21NO4. The zero-order valence-electron chi connectivity index (χ0n) is 12.4. The monoisotopic (exact) mass is 291 g/mol. The molecule has 2 rings (SSSR count). The van der Waals surface area contributed by atoms with Crippen LogP contribution < -0.4 is 5.32 Å². The van der Waals surface area contributed by atoms with Gasteiger partial charge in [-0.05, 0) is 49.9 Å². The number of ether oxygens (including phenoxy) is 1. The molecule has 0 saturated carbocycles. The summed E-state index contributed by atoms with van der Waals surface area (Å²) in [5, 5.41) is 12.1. The molecule has 0 bridgehead atoms. The number of aliphatic carboxylic acids is 1. The molecule has 1 amide bonds. The lowest BCUT2D eigenvalue weighted by Crippen LogP contribution is -2.31. The molecule has 0 spiro atoms. The molecular weight excluding hydrogens is 270 g/mol. The maximum atomic E-state index is 12.1. The lowest BCUT2D eigenvalue weighted by atomic mass is 9.96. The van der Waals surface area contributed by atoms with Gasteiger partial charge in [0.1, 0.15) is 0 Å². The zero-order valence-corrected chi connectivity index (χ0v) is 12.4. The summed E-state index contributed by atoms with van der Waals surface area (Å²) >= 11 is 0. The highest BCUT2D eigenvalue weighted by Gasteiger charge is 2.33. The number of nitrogens with one attached hydrogen (secondary N) is 1. The number of carbonyl (C=O) groups excluding carboxylic acids is 1. The Hall–Kier alpha value is -1.88. The Labute approximate surface area is 124 Å². The van der Waals surface area contributed by atoms with Gasteiger partial charge >= 0.3 is 5.97 Å². The van der Waals surface area contributed by atoms with Gasteiger partial charge < -0.3 is 15.2 Å². The van der Waals surface area contributed by atoms with Crippen molar-refractivity contribution in [2.75, 3.05) is 11.9 Å². The Kier molecular flexibility index (Phi) is 4.96. The Morgan fingerprint density at radius 1 is 1.33 bits per heavy atom. The van der Waals surface area contributed by atoms with Crippen LogP contribution >= 0.6 is 0 Å². The minimum atomic E-state index is -0.975. The van der Waals surface area contributed by atoms with Gasteiger partial charge in [0.25, 0.3) is 0 Å². The van der Waals surface area contributed by atoms with E-state index < -0.39 is 11.9 Å². The topological polar surface area (TPSA) is 75.6 Å². The maximum Gasteiger partial charge on any atom is 0.309 e. The molecule has 5 heteroatoms. The van der Waals surface area contributed by atoms with Gasteiger partial charge in [0, 0.05) is 18.7 Å². The number of hydrogen-bond donors (Lipinski definition) is 2. The Balaban J connectivity index is 2.00. The second-order valence-corrected chi connectivity index (χ2v) is 5.62. The van der Waals surface area contributed by atoms with E-state index >= 15 is 0 Å². The molecule has 1 aromatic rings. The molecule has 0 radical (unpaired) electrons. The van der Waals surface area contributed by atoms with Crippen LogP contribution in [0.25, 0.3) is 0 Å². The van der Waals surface area contributed by atoms with E-state index in [-0.39, 0.29) is 18.4 Å². The molecule has 21 heavy (non-hydrogen) atoms. The first-order valence-electron chi connectivity index (χ1n) is 7.18. The van der Waals surface area contributed by atoms with Gasteiger partial charge in [-0.15, -0.1) is 0 Å². The summed E-state index contributed by atoms with van der Waals surface area (Å²) in [6.45, 7) is 4.48. The lowest BCUT2D eigenvalue weighted by Gasteiger charge is -2.18. The van der Waals surface area contributed by atoms with E-state index in [1.165, 1.54) is 0 Å². The molecule has 0 aromatic heterocycles. The number of hydrogen-bond acceptors (Lipinski definition) is 3. The molecule has 0 aliphatic carbocycles. The summed E-state index contributed by atoms with van der Waals surface area (Å²) in [6.07, 6.45) is 1.14. The third-order valence-corrected chi connectivity index (χ3v) is 3.64. The predicted octanol–water partition coefficient (Wildman–Crippen LogP) is 2.51. The molecule has 1 aliphatic rings. The second-order valence-electron chi connectivity index (χ2n) is 5.62. The summed E-state index contributed by atoms with van der Waals surface area (Å²) in [7, 11) is 0. The van der Waals surface area contributed by atoms with Crippen LogP contribution in [0.3, 0.4) is 0 Å². The van der Waals surface area contributed by atoms with Crippen LogP contribution in [0.1, 0.15) is 30.4 Å². The van der Waals surface area contributed by atoms with Crippen LogP contribution in [-0.2, 0) is 14.3 Å². The summed E-state index contributed by atoms with van der Waals surface area (Å²) in [5.74, 6) is -2.04. The fourth-order valence-corrected chi connectivity index (χ4v) is 2.76. The number of amides is 1. The van der Waals surface area contributed by atoms with Gasteiger partial charge in [-0.2, -0.15) is 0 Å². The average molecular weight is 291 g/mol. The lowest BCUT2D eigenvalue weighted by molar-refractivity contribution is -0.148. The standard InChI is InChI=1S/C16H21NO4/c1-10-6-11(2)8-12(7-10)17-15(18)9-13(16(19)20)14-4-3-5-21-14/h6-8,13-14H,3-5,9H2,1-2H3,(H,17,18)(H,19,20)/t13-,14-/m1/s1. The molecule has 114 valence electrons. The van der Waals surface area contributed by atoms with Crippen molar-refractivity contribution in [1.29, 1.82) is 0 Å². The highest BCUT2D eigenvalue weighted by atomic mass is 16.5. The Morgan fingerprint density at radius 2 is 2.00 bits per heavy atom. The average Bonchev–Trinajstić information content (AvgIpc) is 2.87. The van der Waals surface area contributed by atoms with Crippen molar-refractivity contribution in [3.05, 3.63) is 29.3 Å². The van der Waals surface area contributed by atoms with E-state index in [0.29, 0.717) is 18.7 Å². The second kappa shape index (κ2) is 6.72. The first-order valence-corrected chi connectivity index (χ1v) is 7.18. The van der Waals surface area contributed by atoms with Gasteiger partial charge in [0.2, 0.25) is 5.91 Å². The molecule has 2 atom stereocenters. The van der Waals surface area contributed by atoms with Crippen LogP contribution in [0.15, 0.2) is 18.2 Å². The van der Waals surface area contributed by atoms with Crippen molar-refractivity contribution >= 4 is 17.6 Å². The summed E-state index contributed by atoms with van der Waals surface area (Å²) < 4.78 is 5.40. The van der Waals surface area contributed by atoms with E-state index in [4.69, 9.17) is 4.74 Å². The summed E-state index contributed by atoms with van der Waals surface area (Å²) in [4.78, 5) is 23.4. The molecule has 1 fully saturated rings. The fraction of sp³-hybridized carbons (Fsp3) is 0.500. The smallest absolute Gasteiger partial charge is 0.309 e. The highest BCUT2D eigenvalue weighted by Crippen LogP contribution is 2.24. The fourth-order valence-electron chi connectivity index (χ4n) is 2.76.